The fourth-order valence-electron chi connectivity index (χ4n) is 1.31. The first-order valence-electron chi connectivity index (χ1n) is 4.34. The van der Waals surface area contributed by atoms with Crippen LogP contribution in [0.1, 0.15) is 27.7 Å². The molecule has 0 aliphatic heterocycles. The summed E-state index contributed by atoms with van der Waals surface area (Å²) in [5.41, 5.74) is 0. The lowest BCUT2D eigenvalue weighted by Gasteiger charge is -2.30. The average Bonchev–Trinajstić information content (AvgIpc) is 1.87. The van der Waals surface area contributed by atoms with Gasteiger partial charge in [0.25, 0.3) is 0 Å². The van der Waals surface area contributed by atoms with E-state index < -0.39 is 0 Å². The summed E-state index contributed by atoms with van der Waals surface area (Å²) >= 11 is 0. The van der Waals surface area contributed by atoms with Crippen LogP contribution in [0.2, 0.25) is 0 Å². The lowest BCUT2D eigenvalue weighted by Crippen LogP contribution is -2.39. The maximum atomic E-state index is 5.17. The van der Waals surface area contributed by atoms with E-state index in [0.717, 1.165) is 23.6 Å². The number of rotatable bonds is 5. The van der Waals surface area contributed by atoms with Gasteiger partial charge in [0.2, 0.25) is 0 Å². The first kappa shape index (κ1) is 11.1. The summed E-state index contributed by atoms with van der Waals surface area (Å²) in [6.07, 6.45) is 0. The zero-order valence-electron chi connectivity index (χ0n) is 8.42. The normalized spacial score (nSPS) is 12.3. The largest absolute Gasteiger partial charge is 0.427 e. The number of hydrogen-bond donors (Lipinski definition) is 0. The first-order chi connectivity index (χ1) is 5.09. The zero-order chi connectivity index (χ0) is 8.85. The van der Waals surface area contributed by atoms with Crippen molar-refractivity contribution in [2.45, 2.75) is 39.8 Å². The third kappa shape index (κ3) is 4.56. The molecule has 0 heterocycles. The Balaban J connectivity index is 3.70. The lowest BCUT2D eigenvalue weighted by atomic mass is 10.2. The van der Waals surface area contributed by atoms with Crippen molar-refractivity contribution in [3.05, 3.63) is 0 Å². The Morgan fingerprint density at radius 3 is 1.91 bits per heavy atom. The Morgan fingerprint density at radius 2 is 1.64 bits per heavy atom. The Labute approximate surface area is 73.5 Å². The molecular formula is C8H21NOSi. The Kier molecular flexibility index (Phi) is 5.82. The van der Waals surface area contributed by atoms with Crippen molar-refractivity contribution < 1.29 is 4.43 Å². The fourth-order valence-corrected chi connectivity index (χ4v) is 1.49. The van der Waals surface area contributed by atoms with Gasteiger partial charge >= 0.3 is 0 Å². The van der Waals surface area contributed by atoms with E-state index in [4.69, 9.17) is 4.43 Å². The van der Waals surface area contributed by atoms with Crippen LogP contribution in [-0.2, 0) is 4.43 Å². The van der Waals surface area contributed by atoms with Crippen molar-refractivity contribution in [3.8, 4) is 0 Å². The highest BCUT2D eigenvalue weighted by Gasteiger charge is 2.11. The first-order valence-corrected chi connectivity index (χ1v) is 5.16. The second-order valence-electron chi connectivity index (χ2n) is 3.42. The molecule has 0 radical (unpaired) electrons. The molecule has 0 unspecified atom stereocenters. The minimum Gasteiger partial charge on any atom is -0.427 e. The topological polar surface area (TPSA) is 12.5 Å². The fraction of sp³-hybridized carbons (Fsp3) is 1.00. The summed E-state index contributed by atoms with van der Waals surface area (Å²) in [6, 6.07) is 1.26. The van der Waals surface area contributed by atoms with Gasteiger partial charge in [-0.3, -0.25) is 4.90 Å². The smallest absolute Gasteiger partial charge is 0.146 e. The third-order valence-corrected chi connectivity index (χ3v) is 2.29. The van der Waals surface area contributed by atoms with E-state index in [2.05, 4.69) is 32.6 Å². The molecule has 0 N–H and O–H groups in total. The number of nitrogens with zero attached hydrogens (tertiary/aromatic N) is 1. The predicted molar refractivity (Wildman–Crippen MR) is 52.9 cm³/mol. The highest BCUT2D eigenvalue weighted by Crippen LogP contribution is 2.03. The molecule has 0 aliphatic rings. The molecule has 0 aromatic rings. The molecule has 3 heteroatoms. The lowest BCUT2D eigenvalue weighted by molar-refractivity contribution is 0.146. The molecule has 0 saturated carbocycles. The minimum atomic E-state index is 0.631. The zero-order valence-corrected chi connectivity index (χ0v) is 10.4. The van der Waals surface area contributed by atoms with Crippen LogP contribution >= 0.6 is 0 Å². The summed E-state index contributed by atoms with van der Waals surface area (Å²) in [7, 11) is 0.860. The molecule has 0 atom stereocenters. The molecule has 0 aromatic carbocycles. The Morgan fingerprint density at radius 1 is 1.18 bits per heavy atom. The van der Waals surface area contributed by atoms with Crippen LogP contribution in [0.4, 0.5) is 0 Å². The molecule has 0 rings (SSSR count). The third-order valence-electron chi connectivity index (χ3n) is 1.88. The van der Waals surface area contributed by atoms with Crippen molar-refractivity contribution in [3.63, 3.8) is 0 Å². The maximum Gasteiger partial charge on any atom is 0.146 e. The maximum absolute atomic E-state index is 5.17. The SMILES string of the molecule is CC(C)N(CCO[SiH3])C(C)C. The van der Waals surface area contributed by atoms with Gasteiger partial charge in [-0.25, -0.2) is 0 Å². The second kappa shape index (κ2) is 5.74. The van der Waals surface area contributed by atoms with Crippen molar-refractivity contribution in [2.75, 3.05) is 13.2 Å². The van der Waals surface area contributed by atoms with E-state index in [-0.39, 0.29) is 0 Å². The standard InChI is InChI=1S/C8H21NOSi/c1-7(2)9(8(3)4)5-6-10-11/h7-8H,5-6H2,1-4,11H3. The highest BCUT2D eigenvalue weighted by molar-refractivity contribution is 5.97. The summed E-state index contributed by atoms with van der Waals surface area (Å²) < 4.78 is 5.17. The van der Waals surface area contributed by atoms with E-state index in [1.54, 1.807) is 0 Å². The van der Waals surface area contributed by atoms with Crippen molar-refractivity contribution in [1.29, 1.82) is 0 Å². The van der Waals surface area contributed by atoms with Gasteiger partial charge in [0, 0.05) is 25.2 Å². The van der Waals surface area contributed by atoms with Gasteiger partial charge in [-0.05, 0) is 27.7 Å². The summed E-state index contributed by atoms with van der Waals surface area (Å²) in [6.45, 7) is 10.9. The van der Waals surface area contributed by atoms with Crippen LogP contribution in [0.5, 0.6) is 0 Å². The van der Waals surface area contributed by atoms with E-state index in [1.165, 1.54) is 0 Å². The van der Waals surface area contributed by atoms with Gasteiger partial charge in [0.05, 0.1) is 0 Å². The van der Waals surface area contributed by atoms with Crippen LogP contribution in [0.3, 0.4) is 0 Å². The van der Waals surface area contributed by atoms with Crippen LogP contribution in [-0.4, -0.2) is 40.6 Å². The van der Waals surface area contributed by atoms with Gasteiger partial charge in [-0.15, -0.1) is 0 Å². The van der Waals surface area contributed by atoms with Gasteiger partial charge in [-0.1, -0.05) is 0 Å². The number of hydrogen-bond acceptors (Lipinski definition) is 2. The molecule has 0 aliphatic carbocycles. The van der Waals surface area contributed by atoms with Crippen molar-refractivity contribution in [2.24, 2.45) is 0 Å². The summed E-state index contributed by atoms with van der Waals surface area (Å²) in [5, 5.41) is 0. The van der Waals surface area contributed by atoms with Crippen LogP contribution in [0.15, 0.2) is 0 Å². The van der Waals surface area contributed by atoms with Crippen LogP contribution in [0.25, 0.3) is 0 Å². The van der Waals surface area contributed by atoms with Gasteiger partial charge in [0.15, 0.2) is 0 Å². The minimum absolute atomic E-state index is 0.631. The Bertz CT molecular complexity index is 88.1. The molecule has 0 spiro atoms. The molecular weight excluding hydrogens is 154 g/mol. The second-order valence-corrected chi connectivity index (χ2v) is 4.00. The van der Waals surface area contributed by atoms with Gasteiger partial charge in [0.1, 0.15) is 10.5 Å². The molecule has 0 aromatic heterocycles. The van der Waals surface area contributed by atoms with Crippen LogP contribution < -0.4 is 0 Å². The van der Waals surface area contributed by atoms with Crippen LogP contribution in [0, 0.1) is 0 Å². The highest BCUT2D eigenvalue weighted by atomic mass is 28.2. The van der Waals surface area contributed by atoms with E-state index >= 15 is 0 Å². The Hall–Kier alpha value is 0.137. The summed E-state index contributed by atoms with van der Waals surface area (Å²) in [4.78, 5) is 2.44. The van der Waals surface area contributed by atoms with E-state index in [0.29, 0.717) is 12.1 Å². The van der Waals surface area contributed by atoms with Gasteiger partial charge in [-0.2, -0.15) is 0 Å². The molecule has 0 bridgehead atoms. The van der Waals surface area contributed by atoms with E-state index in [1.807, 2.05) is 0 Å². The monoisotopic (exact) mass is 175 g/mol. The molecule has 0 amide bonds. The van der Waals surface area contributed by atoms with Crippen molar-refractivity contribution in [1.82, 2.24) is 4.90 Å². The van der Waals surface area contributed by atoms with E-state index in [9.17, 15) is 0 Å². The summed E-state index contributed by atoms with van der Waals surface area (Å²) in [5.74, 6) is 0. The van der Waals surface area contributed by atoms with Gasteiger partial charge < -0.3 is 4.43 Å². The molecule has 11 heavy (non-hydrogen) atoms. The molecule has 68 valence electrons. The molecule has 2 nitrogen and oxygen atoms in total. The predicted octanol–water partition coefficient (Wildman–Crippen LogP) is 0.402. The van der Waals surface area contributed by atoms with Crippen molar-refractivity contribution >= 4 is 10.5 Å². The quantitative estimate of drug-likeness (QED) is 0.561. The molecule has 0 saturated heterocycles. The average molecular weight is 175 g/mol. The molecule has 0 fully saturated rings.